The fourth-order valence-electron chi connectivity index (χ4n) is 16.3. The van der Waals surface area contributed by atoms with Crippen LogP contribution in [-0.4, -0.2) is 79.6 Å². The molecule has 4 aliphatic rings. The Morgan fingerprint density at radius 1 is 0.311 bits per heavy atom. The molecule has 20 rings (SSSR count). The van der Waals surface area contributed by atoms with Crippen molar-refractivity contribution in [2.75, 3.05) is 46.2 Å². The molecule has 0 amide bonds. The van der Waals surface area contributed by atoms with Gasteiger partial charge < -0.3 is 47.1 Å². The van der Waals surface area contributed by atoms with E-state index in [2.05, 4.69) is 127 Å². The first kappa shape index (κ1) is 57.3. The third kappa shape index (κ3) is 10.6. The van der Waals surface area contributed by atoms with Crippen molar-refractivity contribution in [3.8, 4) is 0 Å². The third-order valence-corrected chi connectivity index (χ3v) is 20.9. The first-order chi connectivity index (χ1) is 54.8. The standard InChI is InChI=1S/2C23H23N3O.C22H22N4O.C20H18N4O/c2*1-14(2)25-16(4)26(19-9-7-13-24-23(19)25)21-15(3)11-12-18-17-8-5-6-10-20(17)27-22(18)21;1-13(2)25-15(4)26(22-21(25)23-11-12-24-22)19-14(3)9-10-17-16-7-5-6-8-18(16)27-20(17)19;1-12-8-9-15-14-6-4-5-7-16(14)25-18(15)17(12)24-13(2)23(3)19-20(24)22-11-10-21-19/h2*5-14,16H,1-4H3;5-13,15H,1-4H3;4-11,13H,1-3H3/i1D3,14D;14D;13D;3D3. The van der Waals surface area contributed by atoms with E-state index in [0.717, 1.165) is 162 Å². The summed E-state index contributed by atoms with van der Waals surface area (Å²) in [5.74, 6) is 3.66. The molecule has 8 aromatic heterocycles. The molecule has 0 saturated heterocycles. The topological polar surface area (TPSA) is 156 Å². The number of anilines is 12. The van der Waals surface area contributed by atoms with Crippen molar-refractivity contribution in [1.29, 1.82) is 0 Å². The van der Waals surface area contributed by atoms with Crippen LogP contribution in [0.3, 0.4) is 0 Å². The number of benzene rings is 8. The summed E-state index contributed by atoms with van der Waals surface area (Å²) in [7, 11) is 0. The predicted octanol–water partition coefficient (Wildman–Crippen LogP) is 22.0. The Labute approximate surface area is 629 Å². The molecule has 0 N–H and O–H groups in total. The van der Waals surface area contributed by atoms with Crippen LogP contribution in [0.5, 0.6) is 0 Å². The Morgan fingerprint density at radius 2 is 0.613 bits per heavy atom. The van der Waals surface area contributed by atoms with E-state index < -0.39 is 44.2 Å². The van der Waals surface area contributed by atoms with Gasteiger partial charge in [-0.1, -0.05) is 121 Å². The van der Waals surface area contributed by atoms with E-state index in [0.29, 0.717) is 17.5 Å². The van der Waals surface area contributed by atoms with Gasteiger partial charge in [-0.15, -0.1) is 0 Å². The van der Waals surface area contributed by atoms with E-state index in [9.17, 15) is 0 Å². The van der Waals surface area contributed by atoms with Crippen LogP contribution < -0.4 is 39.2 Å². The van der Waals surface area contributed by atoms with E-state index in [1.54, 1.807) is 35.9 Å². The molecule has 0 aliphatic carbocycles. The second-order valence-electron chi connectivity index (χ2n) is 27.9. The maximum absolute atomic E-state index is 8.77. The van der Waals surface area contributed by atoms with Gasteiger partial charge in [-0.05, 0) is 168 Å². The molecular formula is C88H86N14O4. The quantitative estimate of drug-likeness (QED) is 0.148. The van der Waals surface area contributed by atoms with Gasteiger partial charge in [0.05, 0.1) is 38.2 Å². The van der Waals surface area contributed by atoms with E-state index in [-0.39, 0.29) is 12.3 Å². The molecule has 5 unspecified atom stereocenters. The third-order valence-electron chi connectivity index (χ3n) is 20.9. The van der Waals surface area contributed by atoms with Crippen LogP contribution in [0, 0.1) is 27.7 Å². The summed E-state index contributed by atoms with van der Waals surface area (Å²) < 4.78 is 99.2. The van der Waals surface area contributed by atoms with Crippen molar-refractivity contribution in [3.05, 3.63) is 229 Å². The van der Waals surface area contributed by atoms with E-state index in [1.165, 1.54) is 18.0 Å². The lowest BCUT2D eigenvalue weighted by atomic mass is 10.1. The molecular weight excluding hydrogens is 1320 g/mol. The number of aromatic nitrogens is 6. The molecule has 0 radical (unpaired) electrons. The average molecular weight is 1410 g/mol. The lowest BCUT2D eigenvalue weighted by Crippen LogP contribution is -2.42. The molecule has 12 heterocycles. The van der Waals surface area contributed by atoms with Crippen LogP contribution in [0.15, 0.2) is 225 Å². The molecule has 0 bridgehead atoms. The van der Waals surface area contributed by atoms with Gasteiger partial charge >= 0.3 is 0 Å². The first-order valence-electron chi connectivity index (χ1n) is 40.3. The molecule has 0 spiro atoms. The van der Waals surface area contributed by atoms with Crippen molar-refractivity contribution in [2.24, 2.45) is 0 Å². The van der Waals surface area contributed by atoms with Crippen LogP contribution in [0.25, 0.3) is 87.8 Å². The van der Waals surface area contributed by atoms with Gasteiger partial charge in [0, 0.05) is 114 Å². The summed E-state index contributed by atoms with van der Waals surface area (Å²) in [5.41, 5.74) is 16.2. The number of rotatable bonds is 7. The minimum atomic E-state index is -2.52. The summed E-state index contributed by atoms with van der Waals surface area (Å²) in [6.45, 7) is 20.3. The molecule has 5 atom stereocenters. The average Bonchev–Trinajstić information content (AvgIpc) is 1.58. The lowest BCUT2D eigenvalue weighted by Gasteiger charge is -2.33. The molecule has 0 fully saturated rings. The SMILES string of the molecule is [2H]C(C)(C)N1c2ncccc2N(c2c(C)ccc3c2oc2ccccc23)C1C.[2H]C(C)(C)N1c2nccnc2N(c2c(C)ccc3c2oc2ccccc23)C1C.[2H]C([2H])([2H])C([2H])(C)N1c2ncccc2N(c2c(C)ccc3c2oc2ccccc23)C1C.[2H]C([2H])([2H])N1c2nccnc2N(c2c(C)ccc3c2oc2ccccc23)C1C. The largest absolute Gasteiger partial charge is 0.454 e. The monoisotopic (exact) mass is 1410 g/mol. The number of fused-ring (bicyclic) bond motifs is 16. The fourth-order valence-corrected chi connectivity index (χ4v) is 16.3. The highest BCUT2D eigenvalue weighted by Gasteiger charge is 2.43. The maximum atomic E-state index is 8.77. The zero-order valence-corrected chi connectivity index (χ0v) is 61.3. The maximum Gasteiger partial charge on any atom is 0.178 e. The summed E-state index contributed by atoms with van der Waals surface area (Å²) in [6.07, 6.45) is 8.77. The van der Waals surface area contributed by atoms with Crippen LogP contribution in [0.4, 0.5) is 69.0 Å². The smallest absolute Gasteiger partial charge is 0.178 e. The second kappa shape index (κ2) is 26.2. The molecule has 4 aliphatic heterocycles. The minimum Gasteiger partial charge on any atom is -0.454 e. The number of aryl methyl sites for hydroxylation is 4. The molecule has 0 saturated carbocycles. The van der Waals surface area contributed by atoms with Crippen molar-refractivity contribution in [2.45, 2.75) is 140 Å². The van der Waals surface area contributed by atoms with Crippen LogP contribution in [0.2, 0.25) is 0 Å². The Kier molecular flexibility index (Phi) is 14.2. The number of furan rings is 4. The van der Waals surface area contributed by atoms with E-state index >= 15 is 0 Å². The number of para-hydroxylation sites is 4. The molecule has 16 aromatic rings. The Morgan fingerprint density at radius 3 is 0.981 bits per heavy atom. The zero-order valence-electron chi connectivity index (χ0n) is 70.3. The molecule has 18 nitrogen and oxygen atoms in total. The van der Waals surface area contributed by atoms with Gasteiger partial charge in [-0.25, -0.2) is 29.9 Å². The van der Waals surface area contributed by atoms with E-state index in [4.69, 9.17) is 30.0 Å². The Bertz CT molecular complexity index is 6050. The highest BCUT2D eigenvalue weighted by Crippen LogP contribution is 2.53. The van der Waals surface area contributed by atoms with Crippen LogP contribution in [-0.2, 0) is 0 Å². The number of pyridine rings is 2. The van der Waals surface area contributed by atoms with Gasteiger partial charge in [-0.3, -0.25) is 9.80 Å². The predicted molar refractivity (Wildman–Crippen MR) is 434 cm³/mol. The fraction of sp³-hybridized carbons (Fsp3) is 0.250. The van der Waals surface area contributed by atoms with Gasteiger partial charge in [0.25, 0.3) is 0 Å². The number of nitrogens with zero attached hydrogens (tertiary/aromatic N) is 14. The van der Waals surface area contributed by atoms with Crippen LogP contribution in [0.1, 0.15) is 104 Å². The van der Waals surface area contributed by atoms with Gasteiger partial charge in [0.2, 0.25) is 0 Å². The first-order valence-corrected chi connectivity index (χ1v) is 35.8. The number of hydrogen-bond donors (Lipinski definition) is 0. The zero-order chi connectivity index (χ0) is 81.0. The molecule has 8 aromatic carbocycles. The van der Waals surface area contributed by atoms with E-state index in [1.807, 2.05) is 185 Å². The van der Waals surface area contributed by atoms with Crippen molar-refractivity contribution < 1.29 is 30.0 Å². The van der Waals surface area contributed by atoms with Gasteiger partial charge in [0.15, 0.2) is 57.2 Å². The Hall–Kier alpha value is -12.2. The van der Waals surface area contributed by atoms with Crippen molar-refractivity contribution in [1.82, 2.24) is 29.9 Å². The minimum absolute atomic E-state index is 0.0603. The lowest BCUT2D eigenvalue weighted by molar-refractivity contribution is 0.598. The van der Waals surface area contributed by atoms with Gasteiger partial charge in [-0.2, -0.15) is 0 Å². The summed E-state index contributed by atoms with van der Waals surface area (Å²) in [4.78, 5) is 42.4. The Balaban J connectivity index is 0.000000111. The second-order valence-corrected chi connectivity index (χ2v) is 27.9. The molecule has 18 heteroatoms. The van der Waals surface area contributed by atoms with Gasteiger partial charge in [0.1, 0.15) is 47.0 Å². The highest BCUT2D eigenvalue weighted by molar-refractivity contribution is 6.14. The molecule has 106 heavy (non-hydrogen) atoms. The van der Waals surface area contributed by atoms with Crippen molar-refractivity contribution >= 4 is 157 Å². The summed E-state index contributed by atoms with van der Waals surface area (Å²) in [5, 5.41) is 8.45. The summed E-state index contributed by atoms with van der Waals surface area (Å²) >= 11 is 0. The van der Waals surface area contributed by atoms with Crippen molar-refractivity contribution in [3.63, 3.8) is 0 Å². The van der Waals surface area contributed by atoms with Crippen LogP contribution >= 0.6 is 0 Å². The number of hydrogen-bond acceptors (Lipinski definition) is 18. The normalized spacial score (nSPS) is 19.0. The molecule has 532 valence electrons. The summed E-state index contributed by atoms with van der Waals surface area (Å²) in [6, 6.07) is 53.0. The highest BCUT2D eigenvalue weighted by atomic mass is 16.3.